The van der Waals surface area contributed by atoms with E-state index in [9.17, 15) is 13.3 Å². The topological polar surface area (TPSA) is 12.0 Å². The van der Waals surface area contributed by atoms with E-state index < -0.39 is 12.3 Å². The zero-order valence-electron chi connectivity index (χ0n) is 2.71. The lowest BCUT2D eigenvalue weighted by Crippen LogP contribution is -1.90. The highest BCUT2D eigenvalue weighted by Crippen LogP contribution is 1.87. The second-order valence-electron chi connectivity index (χ2n) is 0.552. The molecule has 36 valence electrons. The summed E-state index contributed by atoms with van der Waals surface area (Å²) in [5, 5.41) is 0. The van der Waals surface area contributed by atoms with Crippen molar-refractivity contribution in [3.05, 3.63) is 12.3 Å². The van der Waals surface area contributed by atoms with E-state index in [2.05, 4.69) is 0 Å². The quantitative estimate of drug-likeness (QED) is 0.383. The van der Waals surface area contributed by atoms with Crippen LogP contribution in [0.15, 0.2) is 12.3 Å². The highest BCUT2D eigenvalue weighted by Gasteiger charge is 1.83. The molecule has 0 unspecified atom stereocenters. The monoisotopic (exact) mass is 97.0 g/mol. The molecule has 0 saturated carbocycles. The molecule has 0 rings (SSSR count). The predicted molar refractivity (Wildman–Crippen MR) is 14.5 cm³/mol. The van der Waals surface area contributed by atoms with Crippen LogP contribution in [0.5, 0.6) is 0 Å². The van der Waals surface area contributed by atoms with Crippen molar-refractivity contribution >= 4 is 0 Å². The predicted octanol–water partition coefficient (Wildman–Crippen LogP) is 1.20. The Labute approximate surface area is 32.4 Å². The molecule has 0 spiro atoms. The van der Waals surface area contributed by atoms with Crippen LogP contribution >= 0.6 is 0 Å². The van der Waals surface area contributed by atoms with E-state index in [1.54, 1.807) is 0 Å². The summed E-state index contributed by atoms with van der Waals surface area (Å²) in [7, 11) is 0. The Hall–Kier alpha value is -0.670. The van der Waals surface area contributed by atoms with Gasteiger partial charge in [0.15, 0.2) is 0 Å². The van der Waals surface area contributed by atoms with Crippen molar-refractivity contribution in [1.29, 1.82) is 0 Å². The molecule has 0 aliphatic heterocycles. The number of halogens is 3. The number of hydrogen-bond acceptors (Lipinski definition) is 1. The van der Waals surface area contributed by atoms with Crippen molar-refractivity contribution in [3.8, 4) is 0 Å². The molecule has 0 aliphatic carbocycles. The maximum absolute atomic E-state index is 10.9. The second kappa shape index (κ2) is 2.56. The van der Waals surface area contributed by atoms with E-state index in [1.807, 2.05) is 0 Å². The van der Waals surface area contributed by atoms with E-state index in [4.69, 9.17) is 0 Å². The van der Waals surface area contributed by atoms with Gasteiger partial charge in [-0.15, -0.1) is 4.48 Å². The van der Waals surface area contributed by atoms with Gasteiger partial charge in [0.25, 0.3) is 0 Å². The number of hydrogen-bond donors (Lipinski definition) is 1. The lowest BCUT2D eigenvalue weighted by molar-refractivity contribution is 0.316. The minimum absolute atomic E-state index is 0.434. The highest BCUT2D eigenvalue weighted by molar-refractivity contribution is 4.75. The largest absolute Gasteiger partial charge is 0.243 e. The van der Waals surface area contributed by atoms with Crippen LogP contribution in [0, 0.1) is 0 Å². The molecule has 0 amide bonds. The molecule has 0 aromatic heterocycles. The molecule has 0 aromatic carbocycles. The molecule has 4 heteroatoms. The molecular formula is C2H2F3N. The molecule has 1 N–H and O–H groups in total. The van der Waals surface area contributed by atoms with Crippen molar-refractivity contribution in [2.24, 2.45) is 0 Å². The fraction of sp³-hybridized carbons (Fsp3) is 0. The van der Waals surface area contributed by atoms with Gasteiger partial charge in [-0.3, -0.25) is 0 Å². The normalized spacial score (nSPS) is 11.5. The zero-order chi connectivity index (χ0) is 4.99. The number of rotatable bonds is 1. The van der Waals surface area contributed by atoms with Crippen LogP contribution in [0.2, 0.25) is 0 Å². The fourth-order valence-electron chi connectivity index (χ4n) is 0.0206. The van der Waals surface area contributed by atoms with Crippen molar-refractivity contribution in [3.63, 3.8) is 0 Å². The average molecular weight is 97.0 g/mol. The van der Waals surface area contributed by atoms with Gasteiger partial charge in [0.2, 0.25) is 5.95 Å². The lowest BCUT2D eigenvalue weighted by atomic mass is 11.0. The SMILES string of the molecule is F/C=C(\F)NF. The summed E-state index contributed by atoms with van der Waals surface area (Å²) in [5.41, 5.74) is 0.434. The van der Waals surface area contributed by atoms with Crippen LogP contribution < -0.4 is 5.54 Å². The summed E-state index contributed by atoms with van der Waals surface area (Å²) in [6.45, 7) is 0. The van der Waals surface area contributed by atoms with Gasteiger partial charge >= 0.3 is 0 Å². The van der Waals surface area contributed by atoms with Gasteiger partial charge in [-0.1, -0.05) is 0 Å². The molecule has 0 bridgehead atoms. The Morgan fingerprint density at radius 1 is 1.67 bits per heavy atom. The molecule has 0 radical (unpaired) electrons. The maximum Gasteiger partial charge on any atom is 0.243 e. The molecule has 0 atom stereocenters. The third kappa shape index (κ3) is 1.63. The van der Waals surface area contributed by atoms with Crippen molar-refractivity contribution in [1.82, 2.24) is 5.54 Å². The van der Waals surface area contributed by atoms with E-state index >= 15 is 0 Å². The molecule has 0 saturated heterocycles. The molecule has 0 fully saturated rings. The minimum atomic E-state index is -1.62. The molecular weight excluding hydrogens is 95.0 g/mol. The van der Waals surface area contributed by atoms with Crippen molar-refractivity contribution < 1.29 is 13.3 Å². The second-order valence-corrected chi connectivity index (χ2v) is 0.552. The van der Waals surface area contributed by atoms with Gasteiger partial charge in [-0.05, 0) is 0 Å². The summed E-state index contributed by atoms with van der Waals surface area (Å²) in [6, 6.07) is 0. The van der Waals surface area contributed by atoms with Crippen molar-refractivity contribution in [2.75, 3.05) is 0 Å². The standard InChI is InChI=1S/C2H2F3N/c3-1-2(4)6-5/h1,6H/b2-1+. The Balaban J connectivity index is 3.22. The van der Waals surface area contributed by atoms with Crippen molar-refractivity contribution in [2.45, 2.75) is 0 Å². The van der Waals surface area contributed by atoms with Crippen LogP contribution in [-0.4, -0.2) is 0 Å². The first-order valence-corrected chi connectivity index (χ1v) is 1.13. The third-order valence-corrected chi connectivity index (χ3v) is 0.186. The smallest absolute Gasteiger partial charge is 0.211 e. The van der Waals surface area contributed by atoms with Gasteiger partial charge in [0.1, 0.15) is 6.33 Å². The average Bonchev–Trinajstić information content (AvgIpc) is 1.65. The van der Waals surface area contributed by atoms with Gasteiger partial charge in [-0.25, -0.2) is 4.39 Å². The van der Waals surface area contributed by atoms with Crippen LogP contribution in [0.25, 0.3) is 0 Å². The summed E-state index contributed by atoms with van der Waals surface area (Å²) >= 11 is 0. The van der Waals surface area contributed by atoms with E-state index in [1.165, 1.54) is 0 Å². The first-order valence-electron chi connectivity index (χ1n) is 1.13. The molecule has 6 heavy (non-hydrogen) atoms. The van der Waals surface area contributed by atoms with Gasteiger partial charge in [-0.2, -0.15) is 9.93 Å². The first kappa shape index (κ1) is 5.33. The number of nitrogens with one attached hydrogen (secondary N) is 1. The minimum Gasteiger partial charge on any atom is -0.211 e. The van der Waals surface area contributed by atoms with E-state index in [-0.39, 0.29) is 0 Å². The molecule has 1 nitrogen and oxygen atoms in total. The summed E-state index contributed by atoms with van der Waals surface area (Å²) in [4.78, 5) is 0. The zero-order valence-corrected chi connectivity index (χ0v) is 2.71. The Morgan fingerprint density at radius 3 is 2.17 bits per heavy atom. The summed E-state index contributed by atoms with van der Waals surface area (Å²) in [5.74, 6) is -1.62. The van der Waals surface area contributed by atoms with Crippen LogP contribution in [0.3, 0.4) is 0 Å². The Bertz CT molecular complexity index is 59.8. The Kier molecular flexibility index (Phi) is 2.27. The van der Waals surface area contributed by atoms with Gasteiger partial charge < -0.3 is 0 Å². The van der Waals surface area contributed by atoms with E-state index in [0.717, 1.165) is 0 Å². The summed E-state index contributed by atoms with van der Waals surface area (Å²) < 4.78 is 31.9. The van der Waals surface area contributed by atoms with Crippen LogP contribution in [0.1, 0.15) is 0 Å². The van der Waals surface area contributed by atoms with Gasteiger partial charge in [0, 0.05) is 0 Å². The Morgan fingerprint density at radius 2 is 2.17 bits per heavy atom. The highest BCUT2D eigenvalue weighted by atomic mass is 19.2. The maximum atomic E-state index is 10.9. The molecule has 0 aliphatic rings. The molecule has 0 heterocycles. The van der Waals surface area contributed by atoms with Gasteiger partial charge in [0.05, 0.1) is 0 Å². The van der Waals surface area contributed by atoms with E-state index in [0.29, 0.717) is 5.54 Å². The van der Waals surface area contributed by atoms with Crippen LogP contribution in [0.4, 0.5) is 13.3 Å². The summed E-state index contributed by atoms with van der Waals surface area (Å²) in [6.07, 6.45) is -0.514. The van der Waals surface area contributed by atoms with Crippen LogP contribution in [-0.2, 0) is 0 Å². The fourth-order valence-corrected chi connectivity index (χ4v) is 0.0206. The lowest BCUT2D eigenvalue weighted by Gasteiger charge is -1.78. The first-order chi connectivity index (χ1) is 2.81. The third-order valence-electron chi connectivity index (χ3n) is 0.186. The molecule has 0 aromatic rings.